The maximum atomic E-state index is 12.9. The zero-order valence-corrected chi connectivity index (χ0v) is 19.2. The number of hydrogen-bond donors (Lipinski definition) is 1. The van der Waals surface area contributed by atoms with E-state index < -0.39 is 0 Å². The summed E-state index contributed by atoms with van der Waals surface area (Å²) in [5.41, 5.74) is 5.15. The molecule has 1 N–H and O–H groups in total. The van der Waals surface area contributed by atoms with E-state index in [2.05, 4.69) is 42.6 Å². The van der Waals surface area contributed by atoms with Gasteiger partial charge in [0.25, 0.3) is 0 Å². The molecule has 3 aromatic carbocycles. The molecule has 2 amide bonds. The quantitative estimate of drug-likeness (QED) is 0.518. The number of urea groups is 1. The molecule has 1 aliphatic rings. The van der Waals surface area contributed by atoms with E-state index in [9.17, 15) is 4.79 Å². The molecule has 1 aliphatic heterocycles. The molecule has 3 aromatic rings. The first-order chi connectivity index (χ1) is 16.1. The summed E-state index contributed by atoms with van der Waals surface area (Å²) in [6.45, 7) is 7.12. The lowest BCUT2D eigenvalue weighted by Gasteiger charge is -2.20. The second-order valence-corrected chi connectivity index (χ2v) is 8.08. The minimum Gasteiger partial charge on any atom is -0.494 e. The van der Waals surface area contributed by atoms with Crippen molar-refractivity contribution in [2.45, 2.75) is 33.6 Å². The fourth-order valence-electron chi connectivity index (χ4n) is 3.69. The Labute approximate surface area is 195 Å². The molecule has 0 spiro atoms. The lowest BCUT2D eigenvalue weighted by molar-refractivity contribution is 0.107. The van der Waals surface area contributed by atoms with Gasteiger partial charge in [0.05, 0.1) is 32.9 Å². The van der Waals surface area contributed by atoms with Crippen LogP contribution >= 0.6 is 0 Å². The molecule has 1 heterocycles. The summed E-state index contributed by atoms with van der Waals surface area (Å²) in [5.74, 6) is 1.60. The van der Waals surface area contributed by atoms with E-state index in [1.54, 1.807) is 4.90 Å². The van der Waals surface area contributed by atoms with Crippen LogP contribution in [-0.2, 0) is 24.5 Å². The van der Waals surface area contributed by atoms with Crippen molar-refractivity contribution < 1.29 is 19.0 Å². The third kappa shape index (κ3) is 6.26. The van der Waals surface area contributed by atoms with Crippen LogP contribution in [0.3, 0.4) is 0 Å². The number of anilines is 1. The van der Waals surface area contributed by atoms with Crippen LogP contribution in [0.5, 0.6) is 11.5 Å². The largest absolute Gasteiger partial charge is 0.494 e. The van der Waals surface area contributed by atoms with E-state index in [1.165, 1.54) is 5.56 Å². The fraction of sp³-hybridized carbons (Fsp3) is 0.296. The first-order valence-electron chi connectivity index (χ1n) is 11.3. The smallest absolute Gasteiger partial charge is 0.322 e. The standard InChI is InChI=1S/C27H30N2O4/c1-3-32-25-11-9-24(10-12-25)28-27(30)29-14-15-33-26-13-8-22(16-23(26)17-29)19-31-18-21-6-4-20(2)5-7-21/h4-13,16H,3,14-15,17-19H2,1-2H3,(H,28,30). The number of nitrogens with one attached hydrogen (secondary N) is 1. The van der Waals surface area contributed by atoms with E-state index >= 15 is 0 Å². The van der Waals surface area contributed by atoms with Crippen LogP contribution in [0, 0.1) is 6.92 Å². The lowest BCUT2D eigenvalue weighted by Crippen LogP contribution is -2.36. The highest BCUT2D eigenvalue weighted by molar-refractivity contribution is 5.89. The van der Waals surface area contributed by atoms with Gasteiger partial charge in [-0.3, -0.25) is 0 Å². The molecule has 0 saturated carbocycles. The summed E-state index contributed by atoms with van der Waals surface area (Å²) in [6.07, 6.45) is 0. The molecule has 172 valence electrons. The van der Waals surface area contributed by atoms with Gasteiger partial charge >= 0.3 is 6.03 Å². The Kier molecular flexibility index (Phi) is 7.47. The van der Waals surface area contributed by atoms with Gasteiger partial charge in [0.15, 0.2) is 0 Å². The highest BCUT2D eigenvalue weighted by atomic mass is 16.5. The SMILES string of the molecule is CCOc1ccc(NC(=O)N2CCOc3ccc(COCc4ccc(C)cc4)cc3C2)cc1. The third-order valence-corrected chi connectivity index (χ3v) is 5.47. The van der Waals surface area contributed by atoms with Crippen LogP contribution in [-0.4, -0.2) is 30.7 Å². The number of rotatable bonds is 7. The summed E-state index contributed by atoms with van der Waals surface area (Å²) < 4.78 is 17.2. The number of nitrogens with zero attached hydrogens (tertiary/aromatic N) is 1. The van der Waals surface area contributed by atoms with Crippen molar-refractivity contribution in [2.24, 2.45) is 0 Å². The zero-order valence-electron chi connectivity index (χ0n) is 19.2. The molecule has 0 aromatic heterocycles. The van der Waals surface area contributed by atoms with Gasteiger partial charge in [0, 0.05) is 11.3 Å². The molecule has 6 heteroatoms. The van der Waals surface area contributed by atoms with Crippen molar-refractivity contribution in [3.8, 4) is 11.5 Å². The van der Waals surface area contributed by atoms with Gasteiger partial charge in [0.2, 0.25) is 0 Å². The van der Waals surface area contributed by atoms with E-state index in [4.69, 9.17) is 14.2 Å². The zero-order chi connectivity index (χ0) is 23.0. The number of ether oxygens (including phenoxy) is 3. The second-order valence-electron chi connectivity index (χ2n) is 8.08. The molecular weight excluding hydrogens is 416 g/mol. The van der Waals surface area contributed by atoms with Crippen LogP contribution < -0.4 is 14.8 Å². The molecule has 0 radical (unpaired) electrons. The van der Waals surface area contributed by atoms with Gasteiger partial charge in [0.1, 0.15) is 18.1 Å². The summed E-state index contributed by atoms with van der Waals surface area (Å²) in [4.78, 5) is 14.6. The minimum atomic E-state index is -0.156. The number of carbonyl (C=O) groups is 1. The lowest BCUT2D eigenvalue weighted by atomic mass is 10.1. The Morgan fingerprint density at radius 1 is 1.00 bits per heavy atom. The molecule has 4 rings (SSSR count). The van der Waals surface area contributed by atoms with Crippen molar-refractivity contribution >= 4 is 11.7 Å². The van der Waals surface area contributed by atoms with Gasteiger partial charge in [-0.05, 0) is 61.4 Å². The Morgan fingerprint density at radius 2 is 1.73 bits per heavy atom. The molecule has 33 heavy (non-hydrogen) atoms. The third-order valence-electron chi connectivity index (χ3n) is 5.47. The Bertz CT molecular complexity index is 1060. The van der Waals surface area contributed by atoms with Crippen molar-refractivity contribution in [3.05, 3.63) is 89.0 Å². The van der Waals surface area contributed by atoms with Gasteiger partial charge in [-0.1, -0.05) is 35.9 Å². The Balaban J connectivity index is 1.36. The predicted octanol–water partition coefficient (Wildman–Crippen LogP) is 5.54. The molecule has 0 fully saturated rings. The summed E-state index contributed by atoms with van der Waals surface area (Å²) >= 11 is 0. The summed E-state index contributed by atoms with van der Waals surface area (Å²) in [6, 6.07) is 21.6. The van der Waals surface area contributed by atoms with Crippen molar-refractivity contribution in [1.82, 2.24) is 4.90 Å². The van der Waals surface area contributed by atoms with Crippen LogP contribution in [0.15, 0.2) is 66.7 Å². The number of hydrogen-bond acceptors (Lipinski definition) is 4. The Morgan fingerprint density at radius 3 is 2.48 bits per heavy atom. The van der Waals surface area contributed by atoms with Crippen molar-refractivity contribution in [2.75, 3.05) is 25.1 Å². The predicted molar refractivity (Wildman–Crippen MR) is 129 cm³/mol. The molecule has 6 nitrogen and oxygen atoms in total. The minimum absolute atomic E-state index is 0.156. The van der Waals surface area contributed by atoms with Crippen molar-refractivity contribution in [3.63, 3.8) is 0 Å². The highest BCUT2D eigenvalue weighted by Gasteiger charge is 2.20. The van der Waals surface area contributed by atoms with Crippen molar-refractivity contribution in [1.29, 1.82) is 0 Å². The monoisotopic (exact) mass is 446 g/mol. The molecule has 0 bridgehead atoms. The molecule has 0 saturated heterocycles. The molecule has 0 atom stereocenters. The van der Waals surface area contributed by atoms with E-state index in [0.717, 1.165) is 33.9 Å². The van der Waals surface area contributed by atoms with Crippen LogP contribution in [0.2, 0.25) is 0 Å². The second kappa shape index (κ2) is 10.9. The molecular formula is C27H30N2O4. The maximum absolute atomic E-state index is 12.9. The van der Waals surface area contributed by atoms with Gasteiger partial charge < -0.3 is 24.4 Å². The summed E-state index contributed by atoms with van der Waals surface area (Å²) in [5, 5.41) is 2.96. The van der Waals surface area contributed by atoms with Gasteiger partial charge in [-0.2, -0.15) is 0 Å². The maximum Gasteiger partial charge on any atom is 0.322 e. The van der Waals surface area contributed by atoms with Gasteiger partial charge in [-0.15, -0.1) is 0 Å². The van der Waals surface area contributed by atoms with Crippen LogP contribution in [0.1, 0.15) is 29.2 Å². The van der Waals surface area contributed by atoms with E-state index in [1.807, 2.05) is 43.3 Å². The first kappa shape index (κ1) is 22.7. The number of fused-ring (bicyclic) bond motifs is 1. The van der Waals surface area contributed by atoms with Crippen LogP contribution in [0.4, 0.5) is 10.5 Å². The molecule has 0 unspecified atom stereocenters. The Hall–Kier alpha value is -3.51. The van der Waals surface area contributed by atoms with E-state index in [0.29, 0.717) is 39.5 Å². The average molecular weight is 447 g/mol. The van der Waals surface area contributed by atoms with E-state index in [-0.39, 0.29) is 6.03 Å². The number of amides is 2. The normalized spacial score (nSPS) is 13.0. The first-order valence-corrected chi connectivity index (χ1v) is 11.3. The topological polar surface area (TPSA) is 60.0 Å². The highest BCUT2D eigenvalue weighted by Crippen LogP contribution is 2.25. The molecule has 0 aliphatic carbocycles. The summed E-state index contributed by atoms with van der Waals surface area (Å²) in [7, 11) is 0. The van der Waals surface area contributed by atoms with Gasteiger partial charge in [-0.25, -0.2) is 4.79 Å². The number of carbonyl (C=O) groups excluding carboxylic acids is 1. The number of aryl methyl sites for hydroxylation is 1. The number of benzene rings is 3. The average Bonchev–Trinajstić information content (AvgIpc) is 3.04. The van der Waals surface area contributed by atoms with Crippen LogP contribution in [0.25, 0.3) is 0 Å². The fourth-order valence-corrected chi connectivity index (χ4v) is 3.69.